The first-order valence-electron chi connectivity index (χ1n) is 16.2. The number of fused-ring (bicyclic) bond motifs is 7. The number of hydrogen-bond acceptors (Lipinski definition) is 3. The van der Waals surface area contributed by atoms with Crippen molar-refractivity contribution in [3.63, 3.8) is 0 Å². The van der Waals surface area contributed by atoms with Crippen LogP contribution in [0, 0.1) is 0 Å². The Morgan fingerprint density at radius 2 is 1.04 bits per heavy atom. The van der Waals surface area contributed by atoms with Gasteiger partial charge in [0.1, 0.15) is 16.9 Å². The number of furan rings is 1. The standard InChI is InChI=1S/C44H27N3O/c1-2-13-28(14-3-1)41-44(46-38-24-7-6-23-37(38)45-41)47-39-25-8-4-17-33(39)35-21-11-19-31(42(35)47)29-15-10-16-30(27-29)32-20-12-22-36-34-18-5-9-26-40(34)48-43(32)36/h1-27H. The summed E-state index contributed by atoms with van der Waals surface area (Å²) in [5.74, 6) is 0.807. The summed E-state index contributed by atoms with van der Waals surface area (Å²) in [6.45, 7) is 0. The van der Waals surface area contributed by atoms with E-state index >= 15 is 0 Å². The summed E-state index contributed by atoms with van der Waals surface area (Å²) in [4.78, 5) is 10.6. The van der Waals surface area contributed by atoms with Crippen LogP contribution in [0.5, 0.6) is 0 Å². The quantitative estimate of drug-likeness (QED) is 0.198. The van der Waals surface area contributed by atoms with Crippen molar-refractivity contribution < 1.29 is 4.42 Å². The van der Waals surface area contributed by atoms with Gasteiger partial charge in [-0.2, -0.15) is 0 Å². The zero-order valence-corrected chi connectivity index (χ0v) is 25.8. The average Bonchev–Trinajstić information content (AvgIpc) is 3.71. The molecular weight excluding hydrogens is 587 g/mol. The van der Waals surface area contributed by atoms with Gasteiger partial charge in [0.25, 0.3) is 0 Å². The molecule has 0 amide bonds. The van der Waals surface area contributed by atoms with E-state index in [-0.39, 0.29) is 0 Å². The van der Waals surface area contributed by atoms with Crippen molar-refractivity contribution in [1.82, 2.24) is 14.5 Å². The topological polar surface area (TPSA) is 43.9 Å². The van der Waals surface area contributed by atoms with Crippen LogP contribution in [0.15, 0.2) is 168 Å². The second-order valence-corrected chi connectivity index (χ2v) is 12.2. The lowest BCUT2D eigenvalue weighted by Crippen LogP contribution is -2.04. The molecule has 0 spiro atoms. The van der Waals surface area contributed by atoms with Gasteiger partial charge in [-0.1, -0.05) is 133 Å². The van der Waals surface area contributed by atoms with Gasteiger partial charge in [-0.25, -0.2) is 9.97 Å². The Bertz CT molecular complexity index is 2840. The lowest BCUT2D eigenvalue weighted by atomic mass is 9.96. The molecule has 0 unspecified atom stereocenters. The molecule has 3 heterocycles. The Labute approximate surface area is 276 Å². The van der Waals surface area contributed by atoms with Crippen LogP contribution in [0.3, 0.4) is 0 Å². The number of benzene rings is 7. The Kier molecular flexibility index (Phi) is 5.84. The minimum absolute atomic E-state index is 0.807. The van der Waals surface area contributed by atoms with E-state index in [1.54, 1.807) is 0 Å². The van der Waals surface area contributed by atoms with Gasteiger partial charge >= 0.3 is 0 Å². The lowest BCUT2D eigenvalue weighted by Gasteiger charge is -2.16. The molecule has 4 nitrogen and oxygen atoms in total. The van der Waals surface area contributed by atoms with Crippen LogP contribution in [0.25, 0.3) is 94.1 Å². The predicted molar refractivity (Wildman–Crippen MR) is 197 cm³/mol. The van der Waals surface area contributed by atoms with Crippen molar-refractivity contribution in [1.29, 1.82) is 0 Å². The zero-order valence-electron chi connectivity index (χ0n) is 25.8. The summed E-state index contributed by atoms with van der Waals surface area (Å²) in [6, 6.07) is 57.1. The van der Waals surface area contributed by atoms with Crippen LogP contribution >= 0.6 is 0 Å². The molecule has 0 radical (unpaired) electrons. The van der Waals surface area contributed by atoms with Gasteiger partial charge in [-0.15, -0.1) is 0 Å². The van der Waals surface area contributed by atoms with Crippen LogP contribution in [-0.4, -0.2) is 14.5 Å². The summed E-state index contributed by atoms with van der Waals surface area (Å²) >= 11 is 0. The maximum absolute atomic E-state index is 6.44. The Balaban J connectivity index is 1.26. The summed E-state index contributed by atoms with van der Waals surface area (Å²) in [6.07, 6.45) is 0. The first-order chi connectivity index (χ1) is 23.8. The van der Waals surface area contributed by atoms with Crippen LogP contribution in [0.1, 0.15) is 0 Å². The molecule has 0 fully saturated rings. The minimum Gasteiger partial charge on any atom is -0.455 e. The zero-order chi connectivity index (χ0) is 31.6. The van der Waals surface area contributed by atoms with Gasteiger partial charge in [0.15, 0.2) is 5.82 Å². The molecule has 10 rings (SSSR count). The van der Waals surface area contributed by atoms with E-state index in [1.807, 2.05) is 42.5 Å². The van der Waals surface area contributed by atoms with Gasteiger partial charge in [0.05, 0.1) is 22.1 Å². The molecule has 0 atom stereocenters. The van der Waals surface area contributed by atoms with Crippen LogP contribution in [0.2, 0.25) is 0 Å². The third kappa shape index (κ3) is 4.03. The minimum atomic E-state index is 0.807. The van der Waals surface area contributed by atoms with Crippen LogP contribution < -0.4 is 0 Å². The Morgan fingerprint density at radius 3 is 1.90 bits per heavy atom. The van der Waals surface area contributed by atoms with E-state index in [0.717, 1.165) is 83.3 Å². The second-order valence-electron chi connectivity index (χ2n) is 12.2. The number of rotatable bonds is 4. The van der Waals surface area contributed by atoms with Gasteiger partial charge in [0, 0.05) is 38.2 Å². The van der Waals surface area contributed by atoms with Gasteiger partial charge in [0.2, 0.25) is 0 Å². The average molecular weight is 614 g/mol. The summed E-state index contributed by atoms with van der Waals surface area (Å²) in [7, 11) is 0. The highest BCUT2D eigenvalue weighted by molar-refractivity contribution is 6.14. The molecule has 0 aliphatic carbocycles. The molecule has 0 aliphatic heterocycles. The molecule has 3 aromatic heterocycles. The highest BCUT2D eigenvalue weighted by Gasteiger charge is 2.22. The smallest absolute Gasteiger partial charge is 0.165 e. The fraction of sp³-hybridized carbons (Fsp3) is 0. The van der Waals surface area contributed by atoms with E-state index in [9.17, 15) is 0 Å². The number of aromatic nitrogens is 3. The molecule has 4 heteroatoms. The van der Waals surface area contributed by atoms with Crippen molar-refractivity contribution in [2.45, 2.75) is 0 Å². The number of nitrogens with zero attached hydrogens (tertiary/aromatic N) is 3. The van der Waals surface area contributed by atoms with Crippen molar-refractivity contribution in [3.05, 3.63) is 164 Å². The van der Waals surface area contributed by atoms with E-state index in [4.69, 9.17) is 14.4 Å². The fourth-order valence-electron chi connectivity index (χ4n) is 7.24. The first-order valence-corrected chi connectivity index (χ1v) is 16.2. The maximum Gasteiger partial charge on any atom is 0.165 e. The van der Waals surface area contributed by atoms with Crippen molar-refractivity contribution >= 4 is 54.8 Å². The molecule has 0 N–H and O–H groups in total. The lowest BCUT2D eigenvalue weighted by molar-refractivity contribution is 0.670. The summed E-state index contributed by atoms with van der Waals surface area (Å²) in [5, 5.41) is 4.60. The Morgan fingerprint density at radius 1 is 0.438 bits per heavy atom. The normalized spacial score (nSPS) is 11.8. The highest BCUT2D eigenvalue weighted by atomic mass is 16.3. The molecule has 48 heavy (non-hydrogen) atoms. The molecular formula is C44H27N3O. The van der Waals surface area contributed by atoms with E-state index in [0.29, 0.717) is 0 Å². The highest BCUT2D eigenvalue weighted by Crippen LogP contribution is 2.42. The first kappa shape index (κ1) is 26.7. The summed E-state index contributed by atoms with van der Waals surface area (Å²) < 4.78 is 8.76. The molecule has 7 aromatic carbocycles. The van der Waals surface area contributed by atoms with E-state index < -0.39 is 0 Å². The van der Waals surface area contributed by atoms with Gasteiger partial charge in [-0.3, -0.25) is 4.57 Å². The number of hydrogen-bond donors (Lipinski definition) is 0. The SMILES string of the molecule is c1ccc(-c2nc3ccccc3nc2-n2c3ccccc3c3cccc(-c4cccc(-c5cccc6c5oc5ccccc56)c4)c32)cc1. The molecule has 0 saturated carbocycles. The van der Waals surface area contributed by atoms with Crippen LogP contribution in [-0.2, 0) is 0 Å². The molecule has 10 aromatic rings. The van der Waals surface area contributed by atoms with Gasteiger partial charge in [-0.05, 0) is 41.5 Å². The van der Waals surface area contributed by atoms with E-state index in [1.165, 1.54) is 10.8 Å². The third-order valence-electron chi connectivity index (χ3n) is 9.39. The van der Waals surface area contributed by atoms with Crippen molar-refractivity contribution in [2.24, 2.45) is 0 Å². The molecule has 0 saturated heterocycles. The second kappa shape index (κ2) is 10.5. The third-order valence-corrected chi connectivity index (χ3v) is 9.39. The van der Waals surface area contributed by atoms with Gasteiger partial charge < -0.3 is 4.42 Å². The Hall–Kier alpha value is -6.52. The fourth-order valence-corrected chi connectivity index (χ4v) is 7.24. The van der Waals surface area contributed by atoms with Crippen molar-refractivity contribution in [3.8, 4) is 39.3 Å². The number of para-hydroxylation sites is 6. The maximum atomic E-state index is 6.44. The van der Waals surface area contributed by atoms with E-state index in [2.05, 4.69) is 126 Å². The molecule has 0 aliphatic rings. The predicted octanol–water partition coefficient (Wildman–Crippen LogP) is 11.6. The molecule has 224 valence electrons. The summed E-state index contributed by atoms with van der Waals surface area (Å²) in [5.41, 5.74) is 12.0. The molecule has 0 bridgehead atoms. The van der Waals surface area contributed by atoms with Crippen molar-refractivity contribution in [2.75, 3.05) is 0 Å². The largest absolute Gasteiger partial charge is 0.455 e. The van der Waals surface area contributed by atoms with Crippen LogP contribution in [0.4, 0.5) is 0 Å². The monoisotopic (exact) mass is 613 g/mol.